The molecule has 27 heavy (non-hydrogen) atoms. The van der Waals surface area contributed by atoms with Gasteiger partial charge in [0.25, 0.3) is 5.91 Å². The summed E-state index contributed by atoms with van der Waals surface area (Å²) < 4.78 is 27.7. The Bertz CT molecular complexity index is 892. The number of carbonyl (C=O) groups is 2. The lowest BCUT2D eigenvalue weighted by Crippen LogP contribution is -2.33. The van der Waals surface area contributed by atoms with Gasteiger partial charge in [-0.3, -0.25) is 4.79 Å². The smallest absolute Gasteiger partial charge is 0.338 e. The van der Waals surface area contributed by atoms with Crippen molar-refractivity contribution in [2.45, 2.75) is 18.7 Å². The molecule has 0 spiro atoms. The Balaban J connectivity index is 1.91. The molecule has 0 aromatic heterocycles. The summed E-state index contributed by atoms with van der Waals surface area (Å²) in [5.41, 5.74) is 1.83. The van der Waals surface area contributed by atoms with Crippen LogP contribution < -0.4 is 0 Å². The van der Waals surface area contributed by atoms with Crippen molar-refractivity contribution < 1.29 is 22.7 Å². The fourth-order valence-corrected chi connectivity index (χ4v) is 3.32. The number of likely N-dealkylation sites (N-methyl/N-ethyl adjacent to an activating group) is 1. The highest BCUT2D eigenvalue weighted by molar-refractivity contribution is 7.89. The SMILES string of the molecule is C[C@H](c1ccccc1)N(C)C(=O)COC(=O)c1ccc(CS(C)(=O)=O)cc1. The Morgan fingerprint density at radius 1 is 1.04 bits per heavy atom. The molecule has 1 amide bonds. The molecule has 144 valence electrons. The van der Waals surface area contributed by atoms with E-state index in [2.05, 4.69) is 0 Å². The second kappa shape index (κ2) is 8.81. The summed E-state index contributed by atoms with van der Waals surface area (Å²) in [7, 11) is -1.48. The summed E-state index contributed by atoms with van der Waals surface area (Å²) in [5.74, 6) is -1.04. The molecule has 0 saturated heterocycles. The number of esters is 1. The molecule has 0 unspecified atom stereocenters. The number of sulfone groups is 1. The van der Waals surface area contributed by atoms with Gasteiger partial charge in [-0.25, -0.2) is 13.2 Å². The lowest BCUT2D eigenvalue weighted by Gasteiger charge is -2.25. The van der Waals surface area contributed by atoms with Gasteiger partial charge in [0.2, 0.25) is 0 Å². The van der Waals surface area contributed by atoms with Crippen molar-refractivity contribution in [2.75, 3.05) is 19.9 Å². The summed E-state index contributed by atoms with van der Waals surface area (Å²) in [5, 5.41) is 0. The number of hydrogen-bond acceptors (Lipinski definition) is 5. The zero-order valence-electron chi connectivity index (χ0n) is 15.6. The van der Waals surface area contributed by atoms with Crippen molar-refractivity contribution in [1.29, 1.82) is 0 Å². The summed E-state index contributed by atoms with van der Waals surface area (Å²) in [6.07, 6.45) is 1.15. The summed E-state index contributed by atoms with van der Waals surface area (Å²) >= 11 is 0. The third-order valence-corrected chi connectivity index (χ3v) is 5.06. The van der Waals surface area contributed by atoms with E-state index in [1.54, 1.807) is 19.2 Å². The lowest BCUT2D eigenvalue weighted by molar-refractivity contribution is -0.135. The normalized spacial score (nSPS) is 12.3. The second-order valence-corrected chi connectivity index (χ2v) is 8.57. The molecule has 0 heterocycles. The number of rotatable bonds is 7. The van der Waals surface area contributed by atoms with Gasteiger partial charge in [-0.2, -0.15) is 0 Å². The molecule has 0 aliphatic rings. The molecule has 1 atom stereocenters. The van der Waals surface area contributed by atoms with E-state index in [1.165, 1.54) is 17.0 Å². The molecule has 6 nitrogen and oxygen atoms in total. The number of carbonyl (C=O) groups excluding carboxylic acids is 2. The first-order valence-corrected chi connectivity index (χ1v) is 10.5. The fourth-order valence-electron chi connectivity index (χ4n) is 2.52. The van der Waals surface area contributed by atoms with Gasteiger partial charge in [-0.15, -0.1) is 0 Å². The zero-order chi connectivity index (χ0) is 20.0. The minimum absolute atomic E-state index is 0.0943. The Hall–Kier alpha value is -2.67. The monoisotopic (exact) mass is 389 g/mol. The predicted molar refractivity (Wildman–Crippen MR) is 103 cm³/mol. The first-order valence-electron chi connectivity index (χ1n) is 8.42. The highest BCUT2D eigenvalue weighted by Crippen LogP contribution is 2.18. The van der Waals surface area contributed by atoms with Crippen LogP contribution in [0.15, 0.2) is 54.6 Å². The van der Waals surface area contributed by atoms with Crippen LogP contribution in [0, 0.1) is 0 Å². The third-order valence-electron chi connectivity index (χ3n) is 4.20. The first kappa shape index (κ1) is 20.6. The van der Waals surface area contributed by atoms with Crippen LogP contribution in [0.5, 0.6) is 0 Å². The van der Waals surface area contributed by atoms with E-state index in [9.17, 15) is 18.0 Å². The van der Waals surface area contributed by atoms with Gasteiger partial charge in [-0.1, -0.05) is 42.5 Å². The Morgan fingerprint density at radius 3 is 2.19 bits per heavy atom. The standard InChI is InChI=1S/C20H23NO5S/c1-15(17-7-5-4-6-8-17)21(2)19(22)13-26-20(23)18-11-9-16(10-12-18)14-27(3,24)25/h4-12,15H,13-14H2,1-3H3/t15-/m1/s1. The predicted octanol–water partition coefficient (Wildman–Crippen LogP) is 2.61. The van der Waals surface area contributed by atoms with E-state index in [4.69, 9.17) is 4.74 Å². The highest BCUT2D eigenvalue weighted by Gasteiger charge is 2.19. The molecule has 2 aromatic carbocycles. The van der Waals surface area contributed by atoms with Gasteiger partial charge in [0.05, 0.1) is 17.4 Å². The minimum atomic E-state index is -3.14. The van der Waals surface area contributed by atoms with Gasteiger partial charge in [0.1, 0.15) is 0 Å². The van der Waals surface area contributed by atoms with E-state index in [0.717, 1.165) is 11.8 Å². The van der Waals surface area contributed by atoms with Crippen molar-refractivity contribution in [3.05, 3.63) is 71.3 Å². The van der Waals surface area contributed by atoms with Crippen LogP contribution in [0.1, 0.15) is 34.5 Å². The van der Waals surface area contributed by atoms with Gasteiger partial charge >= 0.3 is 5.97 Å². The van der Waals surface area contributed by atoms with Crippen LogP contribution >= 0.6 is 0 Å². The van der Waals surface area contributed by atoms with E-state index < -0.39 is 15.8 Å². The largest absolute Gasteiger partial charge is 0.452 e. The molecular formula is C20H23NO5S. The molecule has 2 rings (SSSR count). The maximum absolute atomic E-state index is 12.3. The average molecular weight is 389 g/mol. The van der Waals surface area contributed by atoms with Crippen molar-refractivity contribution in [3.63, 3.8) is 0 Å². The maximum Gasteiger partial charge on any atom is 0.338 e. The number of hydrogen-bond donors (Lipinski definition) is 0. The first-order chi connectivity index (χ1) is 12.7. The number of nitrogens with zero attached hydrogens (tertiary/aromatic N) is 1. The summed E-state index contributed by atoms with van der Waals surface area (Å²) in [4.78, 5) is 25.9. The third kappa shape index (κ3) is 6.21. The Labute approximate surface area is 159 Å². The van der Waals surface area contributed by atoms with Crippen LogP contribution in [0.4, 0.5) is 0 Å². The average Bonchev–Trinajstić information content (AvgIpc) is 2.64. The molecule has 0 saturated carbocycles. The molecular weight excluding hydrogens is 366 g/mol. The van der Waals surface area contributed by atoms with Crippen LogP contribution in [0.2, 0.25) is 0 Å². The van der Waals surface area contributed by atoms with Crippen LogP contribution in [0.25, 0.3) is 0 Å². The van der Waals surface area contributed by atoms with E-state index in [1.807, 2.05) is 37.3 Å². The molecule has 0 radical (unpaired) electrons. The van der Waals surface area contributed by atoms with Crippen LogP contribution in [0.3, 0.4) is 0 Å². The molecule has 0 aliphatic heterocycles. The van der Waals surface area contributed by atoms with Gasteiger partial charge < -0.3 is 9.64 Å². The van der Waals surface area contributed by atoms with Crippen molar-refractivity contribution in [3.8, 4) is 0 Å². The van der Waals surface area contributed by atoms with Crippen LogP contribution in [-0.4, -0.2) is 45.1 Å². The topological polar surface area (TPSA) is 80.8 Å². The second-order valence-electron chi connectivity index (χ2n) is 6.43. The van der Waals surface area contributed by atoms with Crippen molar-refractivity contribution in [2.24, 2.45) is 0 Å². The molecule has 0 bridgehead atoms. The van der Waals surface area contributed by atoms with Gasteiger partial charge in [0, 0.05) is 13.3 Å². The highest BCUT2D eigenvalue weighted by atomic mass is 32.2. The van der Waals surface area contributed by atoms with E-state index in [-0.39, 0.29) is 29.9 Å². The van der Waals surface area contributed by atoms with Gasteiger partial charge in [0.15, 0.2) is 16.4 Å². The quantitative estimate of drug-likeness (QED) is 0.680. The molecule has 0 fully saturated rings. The maximum atomic E-state index is 12.3. The lowest BCUT2D eigenvalue weighted by atomic mass is 10.1. The van der Waals surface area contributed by atoms with E-state index in [0.29, 0.717) is 5.56 Å². The molecule has 0 aliphatic carbocycles. The zero-order valence-corrected chi connectivity index (χ0v) is 16.4. The molecule has 0 N–H and O–H groups in total. The van der Waals surface area contributed by atoms with Crippen molar-refractivity contribution in [1.82, 2.24) is 4.90 Å². The summed E-state index contributed by atoms with van der Waals surface area (Å²) in [6.45, 7) is 1.53. The number of ether oxygens (including phenoxy) is 1. The minimum Gasteiger partial charge on any atom is -0.452 e. The van der Waals surface area contributed by atoms with Crippen molar-refractivity contribution >= 4 is 21.7 Å². The number of benzene rings is 2. The Morgan fingerprint density at radius 2 is 1.63 bits per heavy atom. The van der Waals surface area contributed by atoms with Crippen LogP contribution in [-0.2, 0) is 25.1 Å². The van der Waals surface area contributed by atoms with E-state index >= 15 is 0 Å². The summed E-state index contributed by atoms with van der Waals surface area (Å²) in [6, 6.07) is 15.5. The molecule has 7 heteroatoms. The van der Waals surface area contributed by atoms with Gasteiger partial charge in [-0.05, 0) is 30.2 Å². The molecule has 2 aromatic rings. The fraction of sp³-hybridized carbons (Fsp3) is 0.300. The number of amides is 1. The Kier molecular flexibility index (Phi) is 6.74.